The molecule has 65 valence electrons. The molecule has 0 nitrogen and oxygen atoms in total. The molecule has 0 aliphatic heterocycles. The van der Waals surface area contributed by atoms with Gasteiger partial charge in [0, 0.05) is 0 Å². The summed E-state index contributed by atoms with van der Waals surface area (Å²) in [6.45, 7) is 2.24. The molecule has 1 rings (SSSR count). The summed E-state index contributed by atoms with van der Waals surface area (Å²) in [7, 11) is 0. The maximum Gasteiger partial charge on any atom is -0.00931 e. The topological polar surface area (TPSA) is 0 Å². The standard InChI is InChI=1S/C12H17/c1-2-3-4-6-9-12-10-7-5-8-11-12/h5,7-11H,2-4,6H2,1H3. The van der Waals surface area contributed by atoms with E-state index in [1.165, 1.54) is 31.2 Å². The van der Waals surface area contributed by atoms with Crippen LogP contribution in [0.4, 0.5) is 0 Å². The minimum absolute atomic E-state index is 1.22. The minimum atomic E-state index is 1.22. The van der Waals surface area contributed by atoms with Gasteiger partial charge in [0.05, 0.1) is 0 Å². The van der Waals surface area contributed by atoms with E-state index in [9.17, 15) is 0 Å². The lowest BCUT2D eigenvalue weighted by atomic mass is 10.1. The highest BCUT2D eigenvalue weighted by Crippen LogP contribution is 2.08. The Kier molecular flexibility index (Phi) is 4.51. The van der Waals surface area contributed by atoms with Crippen LogP contribution in [0.3, 0.4) is 0 Å². The van der Waals surface area contributed by atoms with Crippen molar-refractivity contribution in [3.05, 3.63) is 42.3 Å². The normalized spacial score (nSPS) is 10.1. The molecule has 0 heteroatoms. The zero-order chi connectivity index (χ0) is 8.65. The third kappa shape index (κ3) is 3.56. The first-order valence-electron chi connectivity index (χ1n) is 4.81. The number of rotatable bonds is 5. The predicted molar refractivity (Wildman–Crippen MR) is 54.0 cm³/mol. The molecule has 0 atom stereocenters. The molecular weight excluding hydrogens is 144 g/mol. The van der Waals surface area contributed by atoms with Gasteiger partial charge in [0.15, 0.2) is 0 Å². The van der Waals surface area contributed by atoms with Crippen molar-refractivity contribution < 1.29 is 0 Å². The second-order valence-electron chi connectivity index (χ2n) is 3.11. The first-order valence-corrected chi connectivity index (χ1v) is 4.81. The van der Waals surface area contributed by atoms with Crippen LogP contribution < -0.4 is 0 Å². The van der Waals surface area contributed by atoms with Crippen LogP contribution in [0.25, 0.3) is 0 Å². The molecule has 1 aromatic carbocycles. The van der Waals surface area contributed by atoms with Gasteiger partial charge in [0.1, 0.15) is 0 Å². The Balaban J connectivity index is 2.16. The Morgan fingerprint density at radius 3 is 2.50 bits per heavy atom. The van der Waals surface area contributed by atoms with Gasteiger partial charge in [-0.3, -0.25) is 0 Å². The fraction of sp³-hybridized carbons (Fsp3) is 0.417. The van der Waals surface area contributed by atoms with Crippen molar-refractivity contribution in [3.63, 3.8) is 0 Å². The summed E-state index contributed by atoms with van der Waals surface area (Å²) >= 11 is 0. The van der Waals surface area contributed by atoms with Crippen LogP contribution in [0.15, 0.2) is 30.3 Å². The van der Waals surface area contributed by atoms with Gasteiger partial charge < -0.3 is 0 Å². The molecule has 0 heterocycles. The zero-order valence-corrected chi connectivity index (χ0v) is 7.79. The van der Waals surface area contributed by atoms with Crippen LogP contribution >= 0.6 is 0 Å². The molecule has 0 spiro atoms. The molecule has 0 aromatic heterocycles. The molecule has 0 unspecified atom stereocenters. The third-order valence-corrected chi connectivity index (χ3v) is 1.99. The van der Waals surface area contributed by atoms with Gasteiger partial charge >= 0.3 is 0 Å². The highest BCUT2D eigenvalue weighted by molar-refractivity contribution is 5.21. The van der Waals surface area contributed by atoms with E-state index in [0.717, 1.165) is 0 Å². The van der Waals surface area contributed by atoms with Crippen LogP contribution in [0, 0.1) is 6.42 Å². The summed E-state index contributed by atoms with van der Waals surface area (Å²) < 4.78 is 0. The Morgan fingerprint density at radius 1 is 1.08 bits per heavy atom. The Hall–Kier alpha value is -0.780. The summed E-state index contributed by atoms with van der Waals surface area (Å²) in [4.78, 5) is 0. The van der Waals surface area contributed by atoms with Crippen LogP contribution in [0.2, 0.25) is 0 Å². The van der Waals surface area contributed by atoms with E-state index in [2.05, 4.69) is 43.7 Å². The van der Waals surface area contributed by atoms with Gasteiger partial charge in [-0.25, -0.2) is 0 Å². The minimum Gasteiger partial charge on any atom is -0.0654 e. The summed E-state index contributed by atoms with van der Waals surface area (Å²) in [6, 6.07) is 10.6. The summed E-state index contributed by atoms with van der Waals surface area (Å²) in [5, 5.41) is 0. The molecule has 0 saturated heterocycles. The van der Waals surface area contributed by atoms with Crippen LogP contribution in [-0.4, -0.2) is 0 Å². The number of unbranched alkanes of at least 4 members (excludes halogenated alkanes) is 3. The first-order chi connectivity index (χ1) is 5.93. The van der Waals surface area contributed by atoms with Gasteiger partial charge in [-0.05, 0) is 18.4 Å². The number of hydrogen-bond acceptors (Lipinski definition) is 0. The van der Waals surface area contributed by atoms with Crippen molar-refractivity contribution in [2.75, 3.05) is 0 Å². The van der Waals surface area contributed by atoms with E-state index in [-0.39, 0.29) is 0 Å². The summed E-state index contributed by atoms with van der Waals surface area (Å²) in [6.07, 6.45) is 7.52. The lowest BCUT2D eigenvalue weighted by Gasteiger charge is -1.99. The highest BCUT2D eigenvalue weighted by atomic mass is 14.0. The van der Waals surface area contributed by atoms with Gasteiger partial charge in [-0.2, -0.15) is 0 Å². The van der Waals surface area contributed by atoms with Crippen molar-refractivity contribution in [2.24, 2.45) is 0 Å². The van der Waals surface area contributed by atoms with E-state index in [1.54, 1.807) is 0 Å². The lowest BCUT2D eigenvalue weighted by molar-refractivity contribution is 0.715. The van der Waals surface area contributed by atoms with Crippen molar-refractivity contribution in [2.45, 2.75) is 32.6 Å². The van der Waals surface area contributed by atoms with Crippen LogP contribution in [0.1, 0.15) is 38.2 Å². The summed E-state index contributed by atoms with van der Waals surface area (Å²) in [5.41, 5.74) is 1.36. The predicted octanol–water partition coefficient (Wildman–Crippen LogP) is 3.82. The fourth-order valence-corrected chi connectivity index (χ4v) is 1.25. The molecule has 0 bridgehead atoms. The number of hydrogen-bond donors (Lipinski definition) is 0. The second kappa shape index (κ2) is 5.82. The molecule has 0 aliphatic rings. The largest absolute Gasteiger partial charge is 0.0654 e. The van der Waals surface area contributed by atoms with Crippen LogP contribution in [0.5, 0.6) is 0 Å². The molecular formula is C12H17. The Labute approximate surface area is 75.6 Å². The molecule has 1 aromatic rings. The van der Waals surface area contributed by atoms with Crippen molar-refractivity contribution in [1.82, 2.24) is 0 Å². The van der Waals surface area contributed by atoms with Crippen molar-refractivity contribution in [3.8, 4) is 0 Å². The molecule has 12 heavy (non-hydrogen) atoms. The van der Waals surface area contributed by atoms with Crippen molar-refractivity contribution in [1.29, 1.82) is 0 Å². The third-order valence-electron chi connectivity index (χ3n) is 1.99. The SMILES string of the molecule is CCCCC[CH]c1ccccc1. The lowest BCUT2D eigenvalue weighted by Crippen LogP contribution is -1.81. The smallest absolute Gasteiger partial charge is 0.00931 e. The monoisotopic (exact) mass is 161 g/mol. The second-order valence-corrected chi connectivity index (χ2v) is 3.11. The van der Waals surface area contributed by atoms with E-state index in [0.29, 0.717) is 0 Å². The maximum absolute atomic E-state index is 2.32. The van der Waals surface area contributed by atoms with Crippen LogP contribution in [-0.2, 0) is 0 Å². The average molecular weight is 161 g/mol. The fourth-order valence-electron chi connectivity index (χ4n) is 1.25. The number of benzene rings is 1. The van der Waals surface area contributed by atoms with E-state index < -0.39 is 0 Å². The molecule has 0 amide bonds. The van der Waals surface area contributed by atoms with E-state index in [4.69, 9.17) is 0 Å². The van der Waals surface area contributed by atoms with Crippen molar-refractivity contribution >= 4 is 0 Å². The van der Waals surface area contributed by atoms with Gasteiger partial charge in [-0.15, -0.1) is 0 Å². The Morgan fingerprint density at radius 2 is 1.83 bits per heavy atom. The summed E-state index contributed by atoms with van der Waals surface area (Å²) in [5.74, 6) is 0. The van der Waals surface area contributed by atoms with Gasteiger partial charge in [0.25, 0.3) is 0 Å². The molecule has 0 N–H and O–H groups in total. The van der Waals surface area contributed by atoms with E-state index in [1.807, 2.05) is 0 Å². The zero-order valence-electron chi connectivity index (χ0n) is 7.79. The average Bonchev–Trinajstić information content (AvgIpc) is 2.14. The molecule has 0 fully saturated rings. The highest BCUT2D eigenvalue weighted by Gasteiger charge is 1.91. The van der Waals surface area contributed by atoms with Gasteiger partial charge in [0.2, 0.25) is 0 Å². The Bertz CT molecular complexity index is 188. The molecule has 1 radical (unpaired) electrons. The first kappa shape index (κ1) is 9.31. The molecule has 0 saturated carbocycles. The van der Waals surface area contributed by atoms with Gasteiger partial charge in [-0.1, -0.05) is 56.5 Å². The maximum atomic E-state index is 2.32. The van der Waals surface area contributed by atoms with E-state index >= 15 is 0 Å². The molecule has 0 aliphatic carbocycles. The quantitative estimate of drug-likeness (QED) is 0.576.